The third kappa shape index (κ3) is 7.33. The minimum absolute atomic E-state index is 0.0508. The fourth-order valence-electron chi connectivity index (χ4n) is 10.3. The van der Waals surface area contributed by atoms with Gasteiger partial charge in [0.2, 0.25) is 0 Å². The highest BCUT2D eigenvalue weighted by Crippen LogP contribution is 2.64. The van der Waals surface area contributed by atoms with Crippen molar-refractivity contribution in [3.8, 4) is 0 Å². The van der Waals surface area contributed by atoms with Gasteiger partial charge in [-0.05, 0) is 63.3 Å². The average Bonchev–Trinajstić information content (AvgIpc) is 3.14. The van der Waals surface area contributed by atoms with Crippen molar-refractivity contribution < 1.29 is 63.0 Å². The highest BCUT2D eigenvalue weighted by Gasteiger charge is 2.75. The summed E-state index contributed by atoms with van der Waals surface area (Å²) in [6.07, 6.45) is -9.79. The van der Waals surface area contributed by atoms with Gasteiger partial charge in [0.05, 0.1) is 35.6 Å². The SMILES string of the molecule is CC(=O)O[C@@]12CO[C@@H]1C[C@H](O)[C@@]1(C)C(=O)[C@H](C)C3=C(C)[C@@H](OC(=O)[C@H](O)C(NC(=O)OC(C)(C)C)c4ccccc4)[C@H](O)C([C@@H](OC(=O)c4ccccc4)[C@H]21)C3(C)C. The van der Waals surface area contributed by atoms with Crippen LogP contribution in [-0.4, -0.2) is 99.5 Å². The molecule has 0 spiro atoms. The van der Waals surface area contributed by atoms with Gasteiger partial charge >= 0.3 is 24.0 Å². The molecular formula is C44H55NO13. The fraction of sp³-hybridized carbons (Fsp3) is 0.568. The number of carbonyl (C=O) groups is 5. The number of rotatable bonds is 8. The molecule has 4 aliphatic rings. The van der Waals surface area contributed by atoms with Crippen LogP contribution in [0.5, 0.6) is 0 Å². The van der Waals surface area contributed by atoms with Gasteiger partial charge in [0.1, 0.15) is 35.8 Å². The summed E-state index contributed by atoms with van der Waals surface area (Å²) in [4.78, 5) is 69.4. The zero-order valence-electron chi connectivity index (χ0n) is 34.4. The smallest absolute Gasteiger partial charge is 0.408 e. The van der Waals surface area contributed by atoms with Crippen LogP contribution < -0.4 is 5.32 Å². The topological polar surface area (TPSA) is 204 Å². The van der Waals surface area contributed by atoms with Gasteiger partial charge in [-0.25, -0.2) is 14.4 Å². The molecule has 2 aromatic carbocycles. The standard InChI is InChI=1S/C44H55NO13/c1-22-29-23(2)37(50)43(9)27(47)20-28-44(21-54-28,57-24(3)46)36(43)35(56-38(51)26-18-14-11-15-19-26)30(42(29,7)8)32(48)34(22)55-39(52)33(49)31(25-16-12-10-13-17-25)45-40(53)58-41(4,5)6/h10-19,23,27-28,30-36,47-49H,20-21H2,1-9H3,(H,45,53)/t23-,27+,28-,30?,31?,32-,33-,34-,35-,36+,43-,44+/m1/s1. The Bertz CT molecular complexity index is 1960. The second-order valence-corrected chi connectivity index (χ2v) is 17.9. The van der Waals surface area contributed by atoms with E-state index in [1.807, 2.05) is 0 Å². The molecule has 3 aliphatic carbocycles. The summed E-state index contributed by atoms with van der Waals surface area (Å²) in [5.41, 5.74) is -3.99. The summed E-state index contributed by atoms with van der Waals surface area (Å²) in [7, 11) is 0. The number of hydrogen-bond donors (Lipinski definition) is 4. The van der Waals surface area contributed by atoms with Crippen molar-refractivity contribution in [3.63, 3.8) is 0 Å². The van der Waals surface area contributed by atoms with E-state index < -0.39 is 112 Å². The molecule has 2 bridgehead atoms. The molecule has 14 heteroatoms. The van der Waals surface area contributed by atoms with Crippen molar-refractivity contribution in [2.75, 3.05) is 6.61 Å². The number of Topliss-reactive ketones (excluding diaryl/α,β-unsaturated/α-hetero) is 1. The van der Waals surface area contributed by atoms with Gasteiger partial charge in [0.15, 0.2) is 11.7 Å². The Balaban J connectivity index is 1.48. The second kappa shape index (κ2) is 15.5. The minimum atomic E-state index is -2.01. The van der Waals surface area contributed by atoms with Gasteiger partial charge < -0.3 is 44.3 Å². The largest absolute Gasteiger partial charge is 0.458 e. The Kier molecular flexibility index (Phi) is 11.5. The van der Waals surface area contributed by atoms with Gasteiger partial charge in [-0.1, -0.05) is 74.9 Å². The molecule has 1 amide bonds. The van der Waals surface area contributed by atoms with E-state index in [0.29, 0.717) is 16.7 Å². The Hall–Kier alpha value is -4.63. The summed E-state index contributed by atoms with van der Waals surface area (Å²) < 4.78 is 29.9. The van der Waals surface area contributed by atoms with Gasteiger partial charge in [-0.15, -0.1) is 0 Å². The van der Waals surface area contributed by atoms with E-state index in [1.165, 1.54) is 6.92 Å². The number of alkyl carbamates (subject to hydrolysis) is 1. The second-order valence-electron chi connectivity index (χ2n) is 17.9. The molecule has 14 nitrogen and oxygen atoms in total. The van der Waals surface area contributed by atoms with Gasteiger partial charge in [0, 0.05) is 25.2 Å². The van der Waals surface area contributed by atoms with Crippen LogP contribution in [0.25, 0.3) is 0 Å². The number of amides is 1. The Morgan fingerprint density at radius 2 is 1.55 bits per heavy atom. The first-order valence-corrected chi connectivity index (χ1v) is 19.7. The first-order chi connectivity index (χ1) is 27.1. The van der Waals surface area contributed by atoms with Crippen molar-refractivity contribution >= 4 is 29.8 Å². The van der Waals surface area contributed by atoms with Crippen LogP contribution in [0.3, 0.4) is 0 Å². The van der Waals surface area contributed by atoms with Crippen LogP contribution in [-0.2, 0) is 38.1 Å². The molecule has 0 aromatic heterocycles. The number of nitrogens with one attached hydrogen (secondary N) is 1. The highest BCUT2D eigenvalue weighted by molar-refractivity contribution is 5.92. The third-order valence-corrected chi connectivity index (χ3v) is 12.7. The zero-order valence-corrected chi connectivity index (χ0v) is 34.4. The summed E-state index contributed by atoms with van der Waals surface area (Å²) >= 11 is 0. The van der Waals surface area contributed by atoms with Crippen LogP contribution in [0.15, 0.2) is 71.8 Å². The lowest BCUT2D eigenvalue weighted by atomic mass is 9.44. The molecule has 2 aromatic rings. The Morgan fingerprint density at radius 3 is 2.10 bits per heavy atom. The van der Waals surface area contributed by atoms with E-state index in [4.69, 9.17) is 23.7 Å². The monoisotopic (exact) mass is 805 g/mol. The number of hydrogen-bond acceptors (Lipinski definition) is 13. The molecule has 12 atom stereocenters. The van der Waals surface area contributed by atoms with Crippen LogP contribution >= 0.6 is 0 Å². The molecule has 1 heterocycles. The maximum atomic E-state index is 15.2. The minimum Gasteiger partial charge on any atom is -0.458 e. The van der Waals surface area contributed by atoms with Crippen LogP contribution in [0, 0.1) is 28.6 Å². The predicted octanol–water partition coefficient (Wildman–Crippen LogP) is 4.39. The molecule has 2 saturated carbocycles. The van der Waals surface area contributed by atoms with Crippen LogP contribution in [0.4, 0.5) is 4.79 Å². The summed E-state index contributed by atoms with van der Waals surface area (Å²) in [5.74, 6) is -6.51. The van der Waals surface area contributed by atoms with Crippen molar-refractivity contribution in [2.24, 2.45) is 28.6 Å². The first kappa shape index (κ1) is 43.0. The molecule has 4 N–H and O–H groups in total. The molecule has 1 saturated heterocycles. The van der Waals surface area contributed by atoms with Crippen molar-refractivity contribution in [3.05, 3.63) is 82.9 Å². The van der Waals surface area contributed by atoms with E-state index in [9.17, 15) is 34.5 Å². The van der Waals surface area contributed by atoms with Gasteiger partial charge in [-0.2, -0.15) is 0 Å². The first-order valence-electron chi connectivity index (χ1n) is 19.7. The molecule has 314 valence electrons. The lowest BCUT2D eigenvalue weighted by molar-refractivity contribution is -0.337. The third-order valence-electron chi connectivity index (χ3n) is 12.7. The molecule has 0 radical (unpaired) electrons. The lowest BCUT2D eigenvalue weighted by Gasteiger charge is -2.66. The zero-order chi connectivity index (χ0) is 42.7. The average molecular weight is 806 g/mol. The van der Waals surface area contributed by atoms with E-state index >= 15 is 4.79 Å². The number of fused-ring (bicyclic) bond motifs is 5. The molecule has 1 aliphatic heterocycles. The number of benzene rings is 2. The number of aliphatic hydroxyl groups is 3. The van der Waals surface area contributed by atoms with Crippen molar-refractivity contribution in [1.29, 1.82) is 0 Å². The molecule has 2 unspecified atom stereocenters. The highest BCUT2D eigenvalue weighted by atomic mass is 16.6. The Labute approximate surface area is 338 Å². The number of carbonyl (C=O) groups excluding carboxylic acids is 5. The van der Waals surface area contributed by atoms with Gasteiger partial charge in [0.25, 0.3) is 0 Å². The van der Waals surface area contributed by atoms with E-state index in [2.05, 4.69) is 5.32 Å². The molecule has 58 heavy (non-hydrogen) atoms. The number of ketones is 1. The molecule has 3 fully saturated rings. The van der Waals surface area contributed by atoms with Crippen molar-refractivity contribution in [2.45, 2.75) is 123 Å². The van der Waals surface area contributed by atoms with E-state index in [0.717, 1.165) is 0 Å². The summed E-state index contributed by atoms with van der Waals surface area (Å²) in [5, 5.41) is 38.8. The predicted molar refractivity (Wildman–Crippen MR) is 207 cm³/mol. The lowest BCUT2D eigenvalue weighted by Crippen LogP contribution is -2.79. The van der Waals surface area contributed by atoms with E-state index in [1.54, 1.807) is 116 Å². The maximum Gasteiger partial charge on any atom is 0.408 e. The van der Waals surface area contributed by atoms with Crippen LogP contribution in [0.2, 0.25) is 0 Å². The fourth-order valence-corrected chi connectivity index (χ4v) is 10.3. The van der Waals surface area contributed by atoms with E-state index in [-0.39, 0.29) is 18.6 Å². The normalized spacial score (nSPS) is 33.7. The summed E-state index contributed by atoms with van der Waals surface area (Å²) in [6, 6.07) is 15.0. The Morgan fingerprint density at radius 1 is 0.948 bits per heavy atom. The number of ether oxygens (including phenoxy) is 5. The summed E-state index contributed by atoms with van der Waals surface area (Å²) in [6.45, 7) is 14.5. The van der Waals surface area contributed by atoms with Crippen molar-refractivity contribution in [1.82, 2.24) is 5.32 Å². The quantitative estimate of drug-likeness (QED) is 0.166. The molecular weight excluding hydrogens is 750 g/mol. The maximum absolute atomic E-state index is 15.2. The van der Waals surface area contributed by atoms with Gasteiger partial charge in [-0.3, -0.25) is 9.59 Å². The number of esters is 3. The number of allylic oxidation sites excluding steroid dienone is 1. The van der Waals surface area contributed by atoms with Crippen LogP contribution in [0.1, 0.15) is 90.7 Å². The number of aliphatic hydroxyl groups excluding tert-OH is 3. The molecule has 6 rings (SSSR count).